The van der Waals surface area contributed by atoms with Gasteiger partial charge in [-0.1, -0.05) is 18.2 Å². The third-order valence-corrected chi connectivity index (χ3v) is 5.81. The Kier molecular flexibility index (Phi) is 4.43. The van der Waals surface area contributed by atoms with Gasteiger partial charge in [0, 0.05) is 17.6 Å². The molecule has 0 atom stereocenters. The summed E-state index contributed by atoms with van der Waals surface area (Å²) in [6.45, 7) is 4.48. The molecule has 0 spiro atoms. The smallest absolute Gasteiger partial charge is 0.257 e. The van der Waals surface area contributed by atoms with E-state index in [1.54, 1.807) is 10.5 Å². The molecule has 2 aromatic heterocycles. The molecule has 1 aliphatic rings. The molecular formula is C23H24FN5O. The van der Waals surface area contributed by atoms with Crippen LogP contribution in [0.15, 0.2) is 42.7 Å². The van der Waals surface area contributed by atoms with Crippen molar-refractivity contribution in [2.75, 3.05) is 11.4 Å². The van der Waals surface area contributed by atoms with Gasteiger partial charge < -0.3 is 10.0 Å². The SMILES string of the molecule is CC(C)(O)CCc1cccc2c1CCCN2c1nc2nncn2c2c(F)cccc12. The number of anilines is 2. The summed E-state index contributed by atoms with van der Waals surface area (Å²) in [7, 11) is 0. The van der Waals surface area contributed by atoms with Gasteiger partial charge in [-0.15, -0.1) is 10.2 Å². The summed E-state index contributed by atoms with van der Waals surface area (Å²) >= 11 is 0. The topological polar surface area (TPSA) is 66.5 Å². The third-order valence-electron chi connectivity index (χ3n) is 5.81. The fraction of sp³-hybridized carbons (Fsp3) is 0.348. The molecule has 0 saturated heterocycles. The molecular weight excluding hydrogens is 381 g/mol. The Bertz CT molecular complexity index is 1240. The van der Waals surface area contributed by atoms with Crippen molar-refractivity contribution in [1.29, 1.82) is 0 Å². The first-order chi connectivity index (χ1) is 14.4. The minimum absolute atomic E-state index is 0.322. The number of aryl methyl sites for hydroxylation is 1. The highest BCUT2D eigenvalue weighted by atomic mass is 19.1. The monoisotopic (exact) mass is 405 g/mol. The van der Waals surface area contributed by atoms with Gasteiger partial charge in [0.2, 0.25) is 0 Å². The van der Waals surface area contributed by atoms with Crippen molar-refractivity contribution in [3.63, 3.8) is 0 Å². The van der Waals surface area contributed by atoms with E-state index in [0.717, 1.165) is 36.9 Å². The van der Waals surface area contributed by atoms with Crippen LogP contribution in [0.3, 0.4) is 0 Å². The fourth-order valence-electron chi connectivity index (χ4n) is 4.36. The van der Waals surface area contributed by atoms with Crippen molar-refractivity contribution < 1.29 is 9.50 Å². The van der Waals surface area contributed by atoms with Gasteiger partial charge in [-0.25, -0.2) is 4.39 Å². The second-order valence-electron chi connectivity index (χ2n) is 8.55. The highest BCUT2D eigenvalue weighted by molar-refractivity contribution is 5.94. The molecule has 0 amide bonds. The zero-order valence-corrected chi connectivity index (χ0v) is 17.1. The van der Waals surface area contributed by atoms with E-state index in [0.29, 0.717) is 23.5 Å². The lowest BCUT2D eigenvalue weighted by Crippen LogP contribution is -2.27. The molecule has 0 bridgehead atoms. The standard InChI is InChI=1S/C23H24FN5O/c1-23(2,30)12-11-15-6-3-10-19-16(15)8-5-13-28(19)21-17-7-4-9-18(24)20(17)29-14-25-27-22(29)26-21/h3-4,6-7,9-10,14,30H,5,8,11-13H2,1-2H3. The summed E-state index contributed by atoms with van der Waals surface area (Å²) < 4.78 is 16.4. The number of rotatable bonds is 4. The van der Waals surface area contributed by atoms with Gasteiger partial charge in [0.1, 0.15) is 18.0 Å². The molecule has 30 heavy (non-hydrogen) atoms. The van der Waals surface area contributed by atoms with Crippen LogP contribution in [0.25, 0.3) is 16.7 Å². The first-order valence-electron chi connectivity index (χ1n) is 10.3. The van der Waals surface area contributed by atoms with Crippen LogP contribution in [0.4, 0.5) is 15.9 Å². The normalized spacial score (nSPS) is 14.5. The number of fused-ring (bicyclic) bond motifs is 4. The van der Waals surface area contributed by atoms with Crippen LogP contribution in [-0.4, -0.2) is 36.8 Å². The molecule has 154 valence electrons. The van der Waals surface area contributed by atoms with Gasteiger partial charge >= 0.3 is 0 Å². The van der Waals surface area contributed by atoms with E-state index in [1.165, 1.54) is 23.5 Å². The van der Waals surface area contributed by atoms with E-state index in [9.17, 15) is 9.50 Å². The Hall–Kier alpha value is -3.06. The van der Waals surface area contributed by atoms with Gasteiger partial charge in [-0.3, -0.25) is 4.40 Å². The number of hydrogen-bond acceptors (Lipinski definition) is 5. The molecule has 0 radical (unpaired) electrons. The molecule has 5 rings (SSSR count). The molecule has 2 aromatic carbocycles. The van der Waals surface area contributed by atoms with E-state index >= 15 is 0 Å². The predicted molar refractivity (Wildman–Crippen MR) is 115 cm³/mol. The van der Waals surface area contributed by atoms with Crippen LogP contribution in [0.2, 0.25) is 0 Å². The first kappa shape index (κ1) is 18.9. The Balaban J connectivity index is 1.67. The fourth-order valence-corrected chi connectivity index (χ4v) is 4.36. The molecule has 0 unspecified atom stereocenters. The molecule has 0 aliphatic carbocycles. The van der Waals surface area contributed by atoms with E-state index < -0.39 is 5.60 Å². The van der Waals surface area contributed by atoms with Gasteiger partial charge in [0.05, 0.1) is 11.1 Å². The maximum absolute atomic E-state index is 14.8. The van der Waals surface area contributed by atoms with E-state index in [4.69, 9.17) is 4.98 Å². The average Bonchev–Trinajstić information content (AvgIpc) is 3.19. The number of aliphatic hydroxyl groups is 1. The summed E-state index contributed by atoms with van der Waals surface area (Å²) in [5.41, 5.74) is 3.36. The molecule has 3 heterocycles. The molecule has 0 fully saturated rings. The van der Waals surface area contributed by atoms with Crippen molar-refractivity contribution in [1.82, 2.24) is 19.6 Å². The van der Waals surface area contributed by atoms with Crippen molar-refractivity contribution in [3.8, 4) is 0 Å². The van der Waals surface area contributed by atoms with Gasteiger partial charge in [0.15, 0.2) is 0 Å². The summed E-state index contributed by atoms with van der Waals surface area (Å²) in [6, 6.07) is 11.3. The van der Waals surface area contributed by atoms with Crippen molar-refractivity contribution in [3.05, 3.63) is 59.7 Å². The molecule has 0 saturated carbocycles. The van der Waals surface area contributed by atoms with Crippen LogP contribution in [0.1, 0.15) is 37.8 Å². The summed E-state index contributed by atoms with van der Waals surface area (Å²) in [5.74, 6) is 0.760. The first-order valence-corrected chi connectivity index (χ1v) is 10.3. The Morgan fingerprint density at radius 3 is 2.83 bits per heavy atom. The Labute approximate surface area is 174 Å². The maximum atomic E-state index is 14.8. The molecule has 4 aromatic rings. The highest BCUT2D eigenvalue weighted by Gasteiger charge is 2.25. The quantitative estimate of drug-likeness (QED) is 0.551. The molecule has 6 nitrogen and oxygen atoms in total. The summed E-state index contributed by atoms with van der Waals surface area (Å²) in [4.78, 5) is 6.92. The lowest BCUT2D eigenvalue weighted by molar-refractivity contribution is 0.0713. The van der Waals surface area contributed by atoms with Crippen LogP contribution in [0, 0.1) is 5.82 Å². The molecule has 7 heteroatoms. The minimum atomic E-state index is -0.703. The predicted octanol–water partition coefficient (Wildman–Crippen LogP) is 4.20. The van der Waals surface area contributed by atoms with Gasteiger partial charge in [-0.05, 0) is 68.9 Å². The zero-order chi connectivity index (χ0) is 20.9. The minimum Gasteiger partial charge on any atom is -0.390 e. The van der Waals surface area contributed by atoms with Crippen molar-refractivity contribution in [2.24, 2.45) is 0 Å². The number of benzene rings is 2. The van der Waals surface area contributed by atoms with Crippen LogP contribution in [0.5, 0.6) is 0 Å². The third kappa shape index (κ3) is 3.19. The number of aromatic nitrogens is 4. The number of para-hydroxylation sites is 1. The average molecular weight is 405 g/mol. The van der Waals surface area contributed by atoms with E-state index in [-0.39, 0.29) is 5.82 Å². The summed E-state index contributed by atoms with van der Waals surface area (Å²) in [5, 5.41) is 18.9. The Morgan fingerprint density at radius 2 is 2.00 bits per heavy atom. The van der Waals surface area contributed by atoms with Crippen molar-refractivity contribution in [2.45, 2.75) is 45.1 Å². The highest BCUT2D eigenvalue weighted by Crippen LogP contribution is 2.38. The lowest BCUT2D eigenvalue weighted by atomic mass is 9.91. The molecule has 1 aliphatic heterocycles. The maximum Gasteiger partial charge on any atom is 0.257 e. The van der Waals surface area contributed by atoms with Crippen LogP contribution >= 0.6 is 0 Å². The number of hydrogen-bond donors (Lipinski definition) is 1. The van der Waals surface area contributed by atoms with Crippen molar-refractivity contribution >= 4 is 28.2 Å². The number of halogens is 1. The zero-order valence-electron chi connectivity index (χ0n) is 17.1. The Morgan fingerprint density at radius 1 is 1.17 bits per heavy atom. The second kappa shape index (κ2) is 7.02. The van der Waals surface area contributed by atoms with Crippen LogP contribution < -0.4 is 4.90 Å². The number of nitrogens with zero attached hydrogens (tertiary/aromatic N) is 5. The molecule has 1 N–H and O–H groups in total. The lowest BCUT2D eigenvalue weighted by Gasteiger charge is -2.33. The van der Waals surface area contributed by atoms with Gasteiger partial charge in [-0.2, -0.15) is 4.98 Å². The largest absolute Gasteiger partial charge is 0.390 e. The van der Waals surface area contributed by atoms with Crippen LogP contribution in [-0.2, 0) is 12.8 Å². The van der Waals surface area contributed by atoms with Gasteiger partial charge in [0.25, 0.3) is 5.78 Å². The van der Waals surface area contributed by atoms with E-state index in [2.05, 4.69) is 33.3 Å². The second-order valence-corrected chi connectivity index (χ2v) is 8.55. The van der Waals surface area contributed by atoms with E-state index in [1.807, 2.05) is 19.9 Å². The summed E-state index contributed by atoms with van der Waals surface area (Å²) in [6.07, 6.45) is 4.96.